The summed E-state index contributed by atoms with van der Waals surface area (Å²) in [5.74, 6) is 0.636. The first-order valence-corrected chi connectivity index (χ1v) is 9.75. The molecule has 1 fully saturated rings. The van der Waals surface area contributed by atoms with Crippen LogP contribution in [-0.2, 0) is 11.3 Å². The van der Waals surface area contributed by atoms with Crippen molar-refractivity contribution >= 4 is 23.5 Å². The second kappa shape index (κ2) is 11.0. The molecular formula is C19H27ClF2N4O2. The minimum absolute atomic E-state index is 0.0524. The maximum atomic E-state index is 12.5. The van der Waals surface area contributed by atoms with Gasteiger partial charge in [0.1, 0.15) is 5.75 Å². The van der Waals surface area contributed by atoms with Crippen LogP contribution in [-0.4, -0.2) is 49.6 Å². The molecule has 0 aliphatic carbocycles. The number of likely N-dealkylation sites (tertiary alicyclic amines) is 1. The summed E-state index contributed by atoms with van der Waals surface area (Å²) in [5, 5.41) is 6.51. The van der Waals surface area contributed by atoms with E-state index < -0.39 is 6.61 Å². The molecule has 0 radical (unpaired) electrons. The number of halogens is 3. The molecule has 1 aromatic rings. The van der Waals surface area contributed by atoms with Crippen molar-refractivity contribution in [2.75, 3.05) is 20.1 Å². The van der Waals surface area contributed by atoms with Crippen molar-refractivity contribution in [1.82, 2.24) is 15.5 Å². The number of hydrogen-bond acceptors (Lipinski definition) is 3. The molecule has 1 unspecified atom stereocenters. The molecule has 0 bridgehead atoms. The molecule has 1 aliphatic rings. The van der Waals surface area contributed by atoms with Crippen molar-refractivity contribution in [2.45, 2.75) is 51.8 Å². The highest BCUT2D eigenvalue weighted by atomic mass is 35.5. The van der Waals surface area contributed by atoms with E-state index >= 15 is 0 Å². The van der Waals surface area contributed by atoms with Crippen molar-refractivity contribution in [2.24, 2.45) is 4.99 Å². The first-order chi connectivity index (χ1) is 13.4. The monoisotopic (exact) mass is 416 g/mol. The first-order valence-electron chi connectivity index (χ1n) is 9.38. The van der Waals surface area contributed by atoms with Crippen molar-refractivity contribution in [1.29, 1.82) is 0 Å². The summed E-state index contributed by atoms with van der Waals surface area (Å²) in [7, 11) is 1.60. The quantitative estimate of drug-likeness (QED) is 0.528. The zero-order chi connectivity index (χ0) is 20.5. The maximum absolute atomic E-state index is 12.5. The van der Waals surface area contributed by atoms with Crippen LogP contribution in [0, 0.1) is 0 Å². The number of nitrogens with one attached hydrogen (secondary N) is 2. The van der Waals surface area contributed by atoms with Crippen LogP contribution in [0.4, 0.5) is 8.78 Å². The molecule has 1 heterocycles. The predicted molar refractivity (Wildman–Crippen MR) is 106 cm³/mol. The fourth-order valence-corrected chi connectivity index (χ4v) is 3.39. The van der Waals surface area contributed by atoms with E-state index in [1.165, 1.54) is 18.6 Å². The Bertz CT molecular complexity index is 688. The van der Waals surface area contributed by atoms with E-state index in [1.807, 2.05) is 4.90 Å². The highest BCUT2D eigenvalue weighted by Gasteiger charge is 2.22. The van der Waals surface area contributed by atoms with Gasteiger partial charge in [0.25, 0.3) is 0 Å². The van der Waals surface area contributed by atoms with Gasteiger partial charge < -0.3 is 20.3 Å². The van der Waals surface area contributed by atoms with Gasteiger partial charge in [-0.2, -0.15) is 8.78 Å². The lowest BCUT2D eigenvalue weighted by molar-refractivity contribution is -0.134. The summed E-state index contributed by atoms with van der Waals surface area (Å²) >= 11 is 5.95. The van der Waals surface area contributed by atoms with Gasteiger partial charge in [0.05, 0.1) is 0 Å². The second-order valence-corrected chi connectivity index (χ2v) is 7.10. The zero-order valence-electron chi connectivity index (χ0n) is 16.2. The van der Waals surface area contributed by atoms with Crippen molar-refractivity contribution in [3.05, 3.63) is 28.8 Å². The largest absolute Gasteiger partial charge is 0.434 e. The van der Waals surface area contributed by atoms with E-state index in [-0.39, 0.29) is 24.2 Å². The summed E-state index contributed by atoms with van der Waals surface area (Å²) in [6, 6.07) is 4.74. The van der Waals surface area contributed by atoms with Crippen molar-refractivity contribution in [3.8, 4) is 5.75 Å². The smallest absolute Gasteiger partial charge is 0.387 e. The maximum Gasteiger partial charge on any atom is 0.387 e. The van der Waals surface area contributed by atoms with Gasteiger partial charge in [0, 0.05) is 49.7 Å². The molecule has 156 valence electrons. The Morgan fingerprint density at radius 3 is 2.86 bits per heavy atom. The Hall–Kier alpha value is -2.09. The molecule has 9 heteroatoms. The Morgan fingerprint density at radius 1 is 1.39 bits per heavy atom. The molecule has 2 N–H and O–H groups in total. The zero-order valence-corrected chi connectivity index (χ0v) is 16.9. The Kier molecular flexibility index (Phi) is 8.76. The van der Waals surface area contributed by atoms with Crippen LogP contribution in [0.15, 0.2) is 23.2 Å². The molecule has 0 saturated carbocycles. The second-order valence-electron chi connectivity index (χ2n) is 6.67. The Labute approximate surface area is 169 Å². The molecule has 6 nitrogen and oxygen atoms in total. The van der Waals surface area contributed by atoms with Crippen LogP contribution >= 0.6 is 11.6 Å². The van der Waals surface area contributed by atoms with Gasteiger partial charge >= 0.3 is 6.61 Å². The van der Waals surface area contributed by atoms with Gasteiger partial charge in [-0.3, -0.25) is 9.79 Å². The van der Waals surface area contributed by atoms with Crippen molar-refractivity contribution < 1.29 is 18.3 Å². The van der Waals surface area contributed by atoms with Crippen LogP contribution in [0.1, 0.15) is 38.2 Å². The summed E-state index contributed by atoms with van der Waals surface area (Å²) in [4.78, 5) is 18.4. The van der Waals surface area contributed by atoms with Crippen LogP contribution in [0.3, 0.4) is 0 Å². The summed E-state index contributed by atoms with van der Waals surface area (Å²) in [5.41, 5.74) is 0.481. The van der Waals surface area contributed by atoms with E-state index in [9.17, 15) is 13.6 Å². The van der Waals surface area contributed by atoms with E-state index in [2.05, 4.69) is 27.3 Å². The van der Waals surface area contributed by atoms with E-state index in [4.69, 9.17) is 11.6 Å². The standard InChI is InChI=1S/C19H27ClF2N4O2/c1-13-5-3-4-10-26(13)17(27)8-9-24-19(23-2)25-12-14-11-15(20)6-7-16(14)28-18(21)22/h6-7,11,13,18H,3-5,8-10,12H2,1-2H3,(H2,23,24,25). The predicted octanol–water partition coefficient (Wildman–Crippen LogP) is 3.40. The van der Waals surface area contributed by atoms with E-state index in [1.54, 1.807) is 13.1 Å². The summed E-state index contributed by atoms with van der Waals surface area (Å²) in [6.45, 7) is 0.598. The topological polar surface area (TPSA) is 66.0 Å². The van der Waals surface area contributed by atoms with Gasteiger partial charge in [-0.15, -0.1) is 0 Å². The number of rotatable bonds is 7. The van der Waals surface area contributed by atoms with Crippen LogP contribution in [0.5, 0.6) is 5.75 Å². The minimum Gasteiger partial charge on any atom is -0.434 e. The normalized spacial score (nSPS) is 17.6. The first kappa shape index (κ1) is 22.2. The third-order valence-corrected chi connectivity index (χ3v) is 4.90. The van der Waals surface area contributed by atoms with Gasteiger partial charge in [-0.05, 0) is 44.4 Å². The number of carbonyl (C=O) groups excluding carboxylic acids is 1. The number of hydrogen-bond donors (Lipinski definition) is 2. The fourth-order valence-electron chi connectivity index (χ4n) is 3.20. The van der Waals surface area contributed by atoms with E-state index in [0.717, 1.165) is 19.4 Å². The summed E-state index contributed by atoms with van der Waals surface area (Å²) < 4.78 is 29.6. The number of aliphatic imine (C=N–C) groups is 1. The number of piperidine rings is 1. The van der Waals surface area contributed by atoms with Crippen molar-refractivity contribution in [3.63, 3.8) is 0 Å². The van der Waals surface area contributed by atoms with Gasteiger partial charge in [-0.25, -0.2) is 0 Å². The highest BCUT2D eigenvalue weighted by molar-refractivity contribution is 6.30. The van der Waals surface area contributed by atoms with Gasteiger partial charge in [-0.1, -0.05) is 11.6 Å². The molecule has 1 atom stereocenters. The van der Waals surface area contributed by atoms with Crippen LogP contribution < -0.4 is 15.4 Å². The average Bonchev–Trinajstić information content (AvgIpc) is 2.66. The van der Waals surface area contributed by atoms with Gasteiger partial charge in [0.15, 0.2) is 5.96 Å². The van der Waals surface area contributed by atoms with Crippen LogP contribution in [0.2, 0.25) is 5.02 Å². The number of nitrogens with zero attached hydrogens (tertiary/aromatic N) is 2. The number of benzene rings is 1. The third kappa shape index (κ3) is 6.82. The average molecular weight is 417 g/mol. The lowest BCUT2D eigenvalue weighted by Crippen LogP contribution is -2.44. The number of guanidine groups is 1. The van der Waals surface area contributed by atoms with Gasteiger partial charge in [0.2, 0.25) is 5.91 Å². The Balaban J connectivity index is 1.83. The Morgan fingerprint density at radius 2 is 2.18 bits per heavy atom. The lowest BCUT2D eigenvalue weighted by atomic mass is 10.0. The molecule has 1 aromatic carbocycles. The third-order valence-electron chi connectivity index (χ3n) is 4.66. The fraction of sp³-hybridized carbons (Fsp3) is 0.579. The SMILES string of the molecule is CN=C(NCCC(=O)N1CCCCC1C)NCc1cc(Cl)ccc1OC(F)F. The number of alkyl halides is 2. The molecule has 2 rings (SSSR count). The highest BCUT2D eigenvalue weighted by Crippen LogP contribution is 2.24. The lowest BCUT2D eigenvalue weighted by Gasteiger charge is -2.33. The molecular weight excluding hydrogens is 390 g/mol. The van der Waals surface area contributed by atoms with Crippen LogP contribution in [0.25, 0.3) is 0 Å². The number of amides is 1. The minimum atomic E-state index is -2.92. The number of carbonyl (C=O) groups is 1. The molecule has 1 amide bonds. The molecule has 0 aromatic heterocycles. The molecule has 0 spiro atoms. The van der Waals surface area contributed by atoms with E-state index in [0.29, 0.717) is 29.5 Å². The summed E-state index contributed by atoms with van der Waals surface area (Å²) in [6.07, 6.45) is 3.63. The molecule has 1 saturated heterocycles. The molecule has 1 aliphatic heterocycles. The number of ether oxygens (including phenoxy) is 1. The molecule has 28 heavy (non-hydrogen) atoms.